The van der Waals surface area contributed by atoms with Crippen molar-refractivity contribution in [1.29, 1.82) is 0 Å². The van der Waals surface area contributed by atoms with Crippen LogP contribution in [0, 0.1) is 0 Å². The molecule has 0 saturated heterocycles. The molecule has 28 heavy (non-hydrogen) atoms. The van der Waals surface area contributed by atoms with Crippen LogP contribution in [0.4, 0.5) is 15.0 Å². The third kappa shape index (κ3) is 7.02. The molecule has 0 fully saturated rings. The largest absolute Gasteiger partial charge is 0.443 e. The summed E-state index contributed by atoms with van der Waals surface area (Å²) in [5.74, 6) is 0.738. The summed E-state index contributed by atoms with van der Waals surface area (Å²) in [7, 11) is 1.52. The van der Waals surface area contributed by atoms with Crippen molar-refractivity contribution in [3.8, 4) is 0 Å². The van der Waals surface area contributed by atoms with Gasteiger partial charge >= 0.3 is 6.09 Å². The molecule has 0 spiro atoms. The molecule has 0 aliphatic carbocycles. The second-order valence-corrected chi connectivity index (χ2v) is 8.19. The molecule has 158 valence electrons. The Labute approximate surface area is 167 Å². The summed E-state index contributed by atoms with van der Waals surface area (Å²) < 4.78 is 23.1. The minimum Gasteiger partial charge on any atom is -0.443 e. The fourth-order valence-corrected chi connectivity index (χ4v) is 3.13. The summed E-state index contributed by atoms with van der Waals surface area (Å²) in [5, 5.41) is 3.21. The molecule has 2 heterocycles. The Balaban J connectivity index is 1.87. The Bertz CT molecular complexity index is 630. The maximum absolute atomic E-state index is 12.6. The van der Waals surface area contributed by atoms with Gasteiger partial charge in [-0.15, -0.1) is 0 Å². The molecule has 0 aromatic carbocycles. The topological polar surface area (TPSA) is 63.7 Å². The monoisotopic (exact) mass is 395 g/mol. The highest BCUT2D eigenvalue weighted by atomic mass is 19.1. The Morgan fingerprint density at radius 2 is 2.14 bits per heavy atom. The number of fused-ring (bicyclic) bond motifs is 1. The van der Waals surface area contributed by atoms with Gasteiger partial charge in [-0.2, -0.15) is 0 Å². The molecule has 1 atom stereocenters. The zero-order chi connectivity index (χ0) is 20.6. The predicted molar refractivity (Wildman–Crippen MR) is 109 cm³/mol. The zero-order valence-corrected chi connectivity index (χ0v) is 17.6. The van der Waals surface area contributed by atoms with Crippen LogP contribution in [0.25, 0.3) is 0 Å². The smallest absolute Gasteiger partial charge is 0.416 e. The first kappa shape index (κ1) is 22.6. The number of amides is 1. The molecule has 7 heteroatoms. The van der Waals surface area contributed by atoms with Crippen molar-refractivity contribution >= 4 is 11.9 Å². The molecule has 2 rings (SSSR count). The van der Waals surface area contributed by atoms with Crippen LogP contribution >= 0.6 is 0 Å². The van der Waals surface area contributed by atoms with Crippen LogP contribution in [0.1, 0.15) is 51.3 Å². The molecule has 1 unspecified atom stereocenters. The Morgan fingerprint density at radius 1 is 1.36 bits per heavy atom. The Hall–Kier alpha value is -1.73. The van der Waals surface area contributed by atoms with Crippen molar-refractivity contribution in [3.63, 3.8) is 0 Å². The number of methoxy groups -OCH3 is 1. The van der Waals surface area contributed by atoms with Crippen LogP contribution in [0.2, 0.25) is 0 Å². The number of carbonyl (C=O) groups is 1. The minimum atomic E-state index is -0.525. The lowest BCUT2D eigenvalue weighted by Crippen LogP contribution is -2.40. The quantitative estimate of drug-likeness (QED) is 0.647. The molecule has 1 N–H and O–H groups in total. The van der Waals surface area contributed by atoms with Crippen molar-refractivity contribution in [1.82, 2.24) is 10.3 Å². The molecule has 0 radical (unpaired) electrons. The van der Waals surface area contributed by atoms with Gasteiger partial charge in [0, 0.05) is 25.9 Å². The third-order valence-electron chi connectivity index (χ3n) is 4.62. The molecule has 1 aliphatic rings. The van der Waals surface area contributed by atoms with E-state index >= 15 is 0 Å². The number of aryl methyl sites for hydroxylation is 2. The number of ether oxygens (including phenoxy) is 2. The molecule has 1 aliphatic heterocycles. The fraction of sp³-hybridized carbons (Fsp3) is 0.714. The number of unbranched alkanes of at least 4 members (excludes halogenated alkanes) is 1. The van der Waals surface area contributed by atoms with Gasteiger partial charge in [0.2, 0.25) is 0 Å². The number of carbonyl (C=O) groups excluding carboxylic acids is 1. The van der Waals surface area contributed by atoms with Gasteiger partial charge in [0.05, 0.1) is 6.10 Å². The molecule has 1 amide bonds. The first-order valence-corrected chi connectivity index (χ1v) is 10.1. The number of hydrogen-bond donors (Lipinski definition) is 1. The minimum absolute atomic E-state index is 0.331. The molecular weight excluding hydrogens is 361 g/mol. The number of nitrogens with one attached hydrogen (secondary N) is 1. The van der Waals surface area contributed by atoms with E-state index in [-0.39, 0.29) is 12.2 Å². The Kier molecular flexibility index (Phi) is 8.63. The van der Waals surface area contributed by atoms with Gasteiger partial charge in [-0.1, -0.05) is 6.07 Å². The number of rotatable bonds is 9. The standard InChI is InChI=1S/C21H34FN3O3/c1-21(2,3)28-20(26)25-13-7-8-16-10-11-17(24-19(16)25)9-5-6-12-23-15-18(14-22)27-4/h10-11,18,23H,5-9,12-15H2,1-4H3. The molecule has 1 aromatic heterocycles. The summed E-state index contributed by atoms with van der Waals surface area (Å²) in [6.45, 7) is 7.11. The number of hydrogen-bond acceptors (Lipinski definition) is 5. The maximum Gasteiger partial charge on any atom is 0.416 e. The van der Waals surface area contributed by atoms with Gasteiger partial charge in [-0.25, -0.2) is 14.2 Å². The normalized spacial score (nSPS) is 15.2. The van der Waals surface area contributed by atoms with Gasteiger partial charge in [0.25, 0.3) is 0 Å². The summed E-state index contributed by atoms with van der Waals surface area (Å²) >= 11 is 0. The average Bonchev–Trinajstić information content (AvgIpc) is 2.65. The number of pyridine rings is 1. The highest BCUT2D eigenvalue weighted by molar-refractivity contribution is 5.88. The molecule has 1 aromatic rings. The van der Waals surface area contributed by atoms with Crippen LogP contribution in [-0.2, 0) is 22.3 Å². The number of aromatic nitrogens is 1. The second-order valence-electron chi connectivity index (χ2n) is 8.19. The van der Waals surface area contributed by atoms with E-state index in [2.05, 4.69) is 17.4 Å². The van der Waals surface area contributed by atoms with Crippen molar-refractivity contribution in [2.45, 2.75) is 64.6 Å². The third-order valence-corrected chi connectivity index (χ3v) is 4.62. The summed E-state index contributed by atoms with van der Waals surface area (Å²) in [6.07, 6.45) is 3.93. The van der Waals surface area contributed by atoms with Crippen LogP contribution < -0.4 is 10.2 Å². The van der Waals surface area contributed by atoms with Crippen molar-refractivity contribution in [2.75, 3.05) is 38.3 Å². The highest BCUT2D eigenvalue weighted by Gasteiger charge is 2.28. The van der Waals surface area contributed by atoms with E-state index in [1.807, 2.05) is 20.8 Å². The van der Waals surface area contributed by atoms with Gasteiger partial charge in [0.15, 0.2) is 0 Å². The first-order chi connectivity index (χ1) is 13.3. The van der Waals surface area contributed by atoms with E-state index in [4.69, 9.17) is 14.5 Å². The lowest BCUT2D eigenvalue weighted by molar-refractivity contribution is 0.0576. The summed E-state index contributed by atoms with van der Waals surface area (Å²) in [6, 6.07) is 4.13. The van der Waals surface area contributed by atoms with Crippen LogP contribution in [0.5, 0.6) is 0 Å². The van der Waals surface area contributed by atoms with Crippen LogP contribution in [0.15, 0.2) is 12.1 Å². The summed E-state index contributed by atoms with van der Waals surface area (Å²) in [4.78, 5) is 19.0. The lowest BCUT2D eigenvalue weighted by atomic mass is 10.0. The first-order valence-electron chi connectivity index (χ1n) is 10.1. The van der Waals surface area contributed by atoms with Gasteiger partial charge < -0.3 is 14.8 Å². The zero-order valence-electron chi connectivity index (χ0n) is 17.6. The van der Waals surface area contributed by atoms with E-state index in [0.717, 1.165) is 55.7 Å². The van der Waals surface area contributed by atoms with E-state index in [1.54, 1.807) is 4.90 Å². The van der Waals surface area contributed by atoms with Crippen LogP contribution in [-0.4, -0.2) is 56.2 Å². The second kappa shape index (κ2) is 10.7. The number of nitrogens with zero attached hydrogens (tertiary/aromatic N) is 2. The van der Waals surface area contributed by atoms with Gasteiger partial charge in [-0.3, -0.25) is 4.90 Å². The number of halogens is 1. The molecular formula is C21H34FN3O3. The maximum atomic E-state index is 12.6. The van der Waals surface area contributed by atoms with Gasteiger partial charge in [-0.05, 0) is 71.0 Å². The van der Waals surface area contributed by atoms with Crippen molar-refractivity contribution in [3.05, 3.63) is 23.4 Å². The molecule has 0 bridgehead atoms. The van der Waals surface area contributed by atoms with Crippen molar-refractivity contribution < 1.29 is 18.7 Å². The molecule has 6 nitrogen and oxygen atoms in total. The van der Waals surface area contributed by atoms with E-state index in [1.165, 1.54) is 7.11 Å². The SMILES string of the molecule is COC(CF)CNCCCCc1ccc2c(n1)N(C(=O)OC(C)(C)C)CCC2. The highest BCUT2D eigenvalue weighted by Crippen LogP contribution is 2.27. The summed E-state index contributed by atoms with van der Waals surface area (Å²) in [5.41, 5.74) is 1.55. The van der Waals surface area contributed by atoms with Gasteiger partial charge in [0.1, 0.15) is 18.1 Å². The van der Waals surface area contributed by atoms with E-state index in [9.17, 15) is 9.18 Å². The lowest BCUT2D eigenvalue weighted by Gasteiger charge is -2.31. The average molecular weight is 396 g/mol. The van der Waals surface area contributed by atoms with E-state index in [0.29, 0.717) is 13.1 Å². The predicted octanol–water partition coefficient (Wildman–Crippen LogP) is 3.67. The van der Waals surface area contributed by atoms with Crippen LogP contribution in [0.3, 0.4) is 0 Å². The fourth-order valence-electron chi connectivity index (χ4n) is 3.13. The number of anilines is 1. The van der Waals surface area contributed by atoms with Crippen molar-refractivity contribution in [2.24, 2.45) is 0 Å². The Morgan fingerprint density at radius 3 is 2.82 bits per heavy atom. The number of alkyl halides is 1. The van der Waals surface area contributed by atoms with E-state index < -0.39 is 12.3 Å². The molecule has 0 saturated carbocycles.